The molecule has 154 valence electrons. The van der Waals surface area contributed by atoms with Crippen LogP contribution in [0.2, 0.25) is 0 Å². The molecule has 2 aromatic carbocycles. The monoisotopic (exact) mass is 407 g/mol. The van der Waals surface area contributed by atoms with Gasteiger partial charge in [-0.2, -0.15) is 0 Å². The molecule has 3 aliphatic heterocycles. The predicted molar refractivity (Wildman–Crippen MR) is 107 cm³/mol. The summed E-state index contributed by atoms with van der Waals surface area (Å²) in [5.41, 5.74) is 0.770. The summed E-state index contributed by atoms with van der Waals surface area (Å²) in [5.74, 6) is -2.73. The van der Waals surface area contributed by atoms with Crippen molar-refractivity contribution in [1.29, 1.82) is 0 Å². The summed E-state index contributed by atoms with van der Waals surface area (Å²) in [6.45, 7) is 4.02. The molecule has 0 unspecified atom stereocenters. The van der Waals surface area contributed by atoms with Crippen molar-refractivity contribution in [2.45, 2.75) is 32.0 Å². The first-order chi connectivity index (χ1) is 14.3. The highest BCUT2D eigenvalue weighted by Crippen LogP contribution is 2.53. The maximum atomic E-state index is 13.6. The van der Waals surface area contributed by atoms with Crippen LogP contribution in [0.15, 0.2) is 48.5 Å². The molecule has 2 fully saturated rings. The molecule has 2 saturated heterocycles. The van der Waals surface area contributed by atoms with Crippen LogP contribution < -0.4 is 10.6 Å². The number of hydrogen-bond acceptors (Lipinski definition) is 4. The van der Waals surface area contributed by atoms with Crippen molar-refractivity contribution in [3.8, 4) is 0 Å². The molecule has 7 heteroatoms. The van der Waals surface area contributed by atoms with Gasteiger partial charge >= 0.3 is 0 Å². The van der Waals surface area contributed by atoms with Gasteiger partial charge in [0.2, 0.25) is 17.7 Å². The molecule has 30 heavy (non-hydrogen) atoms. The lowest BCUT2D eigenvalue weighted by molar-refractivity contribution is -0.143. The summed E-state index contributed by atoms with van der Waals surface area (Å²) in [5, 5.41) is 6.28. The SMILES string of the molecule is CC(C)[C@@H]1N[C@]2(C(=O)Nc3ccccc32)[C@@H]2C(=O)N(Cc3ccc(F)cc3)C(=O)[C@@H]21. The number of nitrogens with one attached hydrogen (secondary N) is 2. The van der Waals surface area contributed by atoms with E-state index in [4.69, 9.17) is 0 Å². The lowest BCUT2D eigenvalue weighted by Crippen LogP contribution is -2.53. The highest BCUT2D eigenvalue weighted by atomic mass is 19.1. The van der Waals surface area contributed by atoms with Crippen molar-refractivity contribution < 1.29 is 18.8 Å². The minimum atomic E-state index is -1.26. The summed E-state index contributed by atoms with van der Waals surface area (Å²) in [6, 6.07) is 12.7. The number of halogens is 1. The third-order valence-electron chi connectivity index (χ3n) is 6.62. The van der Waals surface area contributed by atoms with E-state index in [2.05, 4.69) is 10.6 Å². The largest absolute Gasteiger partial charge is 0.324 e. The normalized spacial score (nSPS) is 29.7. The third kappa shape index (κ3) is 2.41. The lowest BCUT2D eigenvalue weighted by Gasteiger charge is -2.30. The molecular weight excluding hydrogens is 385 g/mol. The maximum absolute atomic E-state index is 13.6. The molecule has 5 rings (SSSR count). The molecule has 2 N–H and O–H groups in total. The van der Waals surface area contributed by atoms with Crippen LogP contribution in [0.1, 0.15) is 25.0 Å². The van der Waals surface area contributed by atoms with Gasteiger partial charge in [0.25, 0.3) is 0 Å². The summed E-state index contributed by atoms with van der Waals surface area (Å²) in [7, 11) is 0. The van der Waals surface area contributed by atoms with Crippen molar-refractivity contribution >= 4 is 23.4 Å². The first-order valence-electron chi connectivity index (χ1n) is 10.1. The van der Waals surface area contributed by atoms with Gasteiger partial charge in [0, 0.05) is 17.3 Å². The van der Waals surface area contributed by atoms with E-state index in [0.717, 1.165) is 0 Å². The quantitative estimate of drug-likeness (QED) is 0.766. The number of anilines is 1. The van der Waals surface area contributed by atoms with E-state index >= 15 is 0 Å². The topological polar surface area (TPSA) is 78.5 Å². The second-order valence-electron chi connectivity index (χ2n) is 8.61. The number of hydrogen-bond donors (Lipinski definition) is 2. The Balaban J connectivity index is 1.59. The van der Waals surface area contributed by atoms with Crippen molar-refractivity contribution in [2.24, 2.45) is 17.8 Å². The molecule has 0 saturated carbocycles. The Bertz CT molecular complexity index is 1070. The zero-order chi connectivity index (χ0) is 21.2. The minimum absolute atomic E-state index is 0.0416. The molecule has 0 radical (unpaired) electrons. The van der Waals surface area contributed by atoms with Crippen LogP contribution in [0.5, 0.6) is 0 Å². The average Bonchev–Trinajstić information content (AvgIpc) is 3.31. The fraction of sp³-hybridized carbons (Fsp3) is 0.348. The zero-order valence-corrected chi connectivity index (χ0v) is 16.7. The molecule has 0 aromatic heterocycles. The average molecular weight is 407 g/mol. The van der Waals surface area contributed by atoms with E-state index in [1.165, 1.54) is 17.0 Å². The van der Waals surface area contributed by atoms with Crippen LogP contribution in [0.4, 0.5) is 10.1 Å². The Morgan fingerprint density at radius 1 is 1.03 bits per heavy atom. The number of benzene rings is 2. The molecule has 0 bridgehead atoms. The molecule has 6 nitrogen and oxygen atoms in total. The van der Waals surface area contributed by atoms with Gasteiger partial charge in [-0.05, 0) is 29.7 Å². The van der Waals surface area contributed by atoms with E-state index in [1.54, 1.807) is 18.2 Å². The number of carbonyl (C=O) groups excluding carboxylic acids is 3. The molecule has 3 heterocycles. The van der Waals surface area contributed by atoms with Crippen LogP contribution in [-0.4, -0.2) is 28.7 Å². The minimum Gasteiger partial charge on any atom is -0.324 e. The van der Waals surface area contributed by atoms with Crippen molar-refractivity contribution in [2.75, 3.05) is 5.32 Å². The van der Waals surface area contributed by atoms with Gasteiger partial charge in [-0.3, -0.25) is 24.6 Å². The van der Waals surface area contributed by atoms with E-state index < -0.39 is 17.4 Å². The van der Waals surface area contributed by atoms with Crippen LogP contribution in [0, 0.1) is 23.6 Å². The Hall–Kier alpha value is -3.06. The molecule has 1 spiro atoms. The molecule has 2 aromatic rings. The van der Waals surface area contributed by atoms with Crippen LogP contribution in [-0.2, 0) is 26.5 Å². The fourth-order valence-corrected chi connectivity index (χ4v) is 5.25. The van der Waals surface area contributed by atoms with E-state index in [9.17, 15) is 18.8 Å². The number of amides is 3. The first-order valence-corrected chi connectivity index (χ1v) is 10.1. The van der Waals surface area contributed by atoms with Gasteiger partial charge in [-0.25, -0.2) is 4.39 Å². The number of rotatable bonds is 3. The molecular formula is C23H22FN3O3. The zero-order valence-electron chi connectivity index (χ0n) is 16.7. The Morgan fingerprint density at radius 2 is 1.73 bits per heavy atom. The van der Waals surface area contributed by atoms with E-state index in [-0.39, 0.29) is 42.0 Å². The van der Waals surface area contributed by atoms with Gasteiger partial charge in [0.15, 0.2) is 0 Å². The standard InChI is InChI=1S/C23H22FN3O3/c1-12(2)19-17-18(23(26-19)15-5-3-4-6-16(15)25-22(23)30)21(29)27(20(17)28)11-13-7-9-14(24)10-8-13/h3-10,12,17-19,26H,11H2,1-2H3,(H,25,30)/t17-,18-,19-,23-/m0/s1. The van der Waals surface area contributed by atoms with Crippen molar-refractivity contribution in [3.63, 3.8) is 0 Å². The third-order valence-corrected chi connectivity index (χ3v) is 6.62. The maximum Gasteiger partial charge on any atom is 0.250 e. The van der Waals surface area contributed by atoms with E-state index in [0.29, 0.717) is 16.8 Å². The first kappa shape index (κ1) is 18.9. The summed E-state index contributed by atoms with van der Waals surface area (Å²) in [4.78, 5) is 41.4. The lowest BCUT2D eigenvalue weighted by atomic mass is 9.76. The van der Waals surface area contributed by atoms with Crippen molar-refractivity contribution in [1.82, 2.24) is 10.2 Å². The smallest absolute Gasteiger partial charge is 0.250 e. The predicted octanol–water partition coefficient (Wildman–Crippen LogP) is 2.40. The van der Waals surface area contributed by atoms with Gasteiger partial charge in [0.05, 0.1) is 18.4 Å². The Kier molecular flexibility index (Phi) is 4.08. The van der Waals surface area contributed by atoms with Crippen LogP contribution in [0.3, 0.4) is 0 Å². The summed E-state index contributed by atoms with van der Waals surface area (Å²) in [6.07, 6.45) is 0. The molecule has 0 aliphatic carbocycles. The summed E-state index contributed by atoms with van der Waals surface area (Å²) < 4.78 is 13.3. The van der Waals surface area contributed by atoms with E-state index in [1.807, 2.05) is 32.0 Å². The second-order valence-corrected chi connectivity index (χ2v) is 8.61. The molecule has 4 atom stereocenters. The van der Waals surface area contributed by atoms with Gasteiger partial charge in [-0.15, -0.1) is 0 Å². The number of fused-ring (bicyclic) bond motifs is 4. The van der Waals surface area contributed by atoms with Crippen molar-refractivity contribution in [3.05, 3.63) is 65.5 Å². The van der Waals surface area contributed by atoms with Gasteiger partial charge in [-0.1, -0.05) is 44.2 Å². The van der Waals surface area contributed by atoms with Crippen LogP contribution >= 0.6 is 0 Å². The van der Waals surface area contributed by atoms with Gasteiger partial charge < -0.3 is 5.32 Å². The second kappa shape index (κ2) is 6.47. The number of para-hydroxylation sites is 1. The summed E-state index contributed by atoms with van der Waals surface area (Å²) >= 11 is 0. The number of imide groups is 1. The fourth-order valence-electron chi connectivity index (χ4n) is 5.25. The number of nitrogens with zero attached hydrogens (tertiary/aromatic N) is 1. The number of likely N-dealkylation sites (tertiary alicyclic amines) is 1. The number of carbonyl (C=O) groups is 3. The van der Waals surface area contributed by atoms with Crippen LogP contribution in [0.25, 0.3) is 0 Å². The Morgan fingerprint density at radius 3 is 2.43 bits per heavy atom. The Labute approximate surface area is 173 Å². The highest BCUT2D eigenvalue weighted by molar-refractivity contribution is 6.15. The molecule has 3 aliphatic rings. The van der Waals surface area contributed by atoms with Gasteiger partial charge in [0.1, 0.15) is 11.4 Å². The molecule has 3 amide bonds. The highest BCUT2D eigenvalue weighted by Gasteiger charge is 2.70.